The number of aryl methyl sites for hydroxylation is 1. The summed E-state index contributed by atoms with van der Waals surface area (Å²) in [5, 5.41) is 0. The lowest BCUT2D eigenvalue weighted by atomic mass is 10.2. The zero-order chi connectivity index (χ0) is 14.4. The van der Waals surface area contributed by atoms with Gasteiger partial charge in [0.05, 0.1) is 13.2 Å². The van der Waals surface area contributed by atoms with Gasteiger partial charge in [0, 0.05) is 16.8 Å². The van der Waals surface area contributed by atoms with Crippen LogP contribution in [0.1, 0.15) is 17.3 Å². The highest BCUT2D eigenvalue weighted by atomic mass is 32.2. The van der Waals surface area contributed by atoms with Gasteiger partial charge < -0.3 is 4.74 Å². The number of nitrogens with zero attached hydrogens (tertiary/aromatic N) is 1. The predicted molar refractivity (Wildman–Crippen MR) is 82.8 cm³/mol. The molecule has 0 aliphatic rings. The third-order valence-electron chi connectivity index (χ3n) is 3.05. The van der Waals surface area contributed by atoms with Crippen molar-refractivity contribution in [3.63, 3.8) is 0 Å². The van der Waals surface area contributed by atoms with Crippen molar-refractivity contribution in [2.75, 3.05) is 12.9 Å². The molecule has 1 atom stereocenters. The van der Waals surface area contributed by atoms with Gasteiger partial charge in [-0.15, -0.1) is 11.8 Å². The zero-order valence-electron chi connectivity index (χ0n) is 11.7. The highest BCUT2D eigenvalue weighted by Crippen LogP contribution is 2.29. The van der Waals surface area contributed by atoms with Gasteiger partial charge in [-0.1, -0.05) is 18.2 Å². The molecule has 0 saturated carbocycles. The fourth-order valence-corrected chi connectivity index (χ4v) is 3.01. The number of ether oxygens (including phenoxy) is 1. The molecule has 1 aromatic heterocycles. The van der Waals surface area contributed by atoms with Gasteiger partial charge in [0.25, 0.3) is 0 Å². The van der Waals surface area contributed by atoms with E-state index in [-0.39, 0.29) is 6.04 Å². The number of methoxy groups -OCH3 is 1. The number of benzene rings is 1. The fourth-order valence-electron chi connectivity index (χ4n) is 1.93. The number of hydrogen-bond acceptors (Lipinski definition) is 5. The standard InChI is InChI=1S/C15H19N3OS/c1-11-6-3-4-8-14(11)20-10-12(18-16)15-13(19-2)7-5-9-17-15/h3-9,12,18H,10,16H2,1-2H3. The van der Waals surface area contributed by atoms with Crippen LogP contribution in [0, 0.1) is 6.92 Å². The molecule has 1 heterocycles. The second-order valence-corrected chi connectivity index (χ2v) is 5.45. The molecule has 20 heavy (non-hydrogen) atoms. The molecule has 4 nitrogen and oxygen atoms in total. The fraction of sp³-hybridized carbons (Fsp3) is 0.267. The van der Waals surface area contributed by atoms with Crippen molar-refractivity contribution < 1.29 is 4.74 Å². The summed E-state index contributed by atoms with van der Waals surface area (Å²) >= 11 is 1.76. The van der Waals surface area contributed by atoms with E-state index < -0.39 is 0 Å². The summed E-state index contributed by atoms with van der Waals surface area (Å²) in [5.74, 6) is 7.21. The SMILES string of the molecule is COc1cccnc1C(CSc1ccccc1C)NN. The van der Waals surface area contributed by atoms with E-state index in [0.29, 0.717) is 0 Å². The van der Waals surface area contributed by atoms with Crippen molar-refractivity contribution in [3.8, 4) is 5.75 Å². The minimum Gasteiger partial charge on any atom is -0.495 e. The first kappa shape index (κ1) is 14.8. The summed E-state index contributed by atoms with van der Waals surface area (Å²) in [5.41, 5.74) is 4.92. The monoisotopic (exact) mass is 289 g/mol. The number of hydrazine groups is 1. The molecular formula is C15H19N3OS. The molecule has 0 radical (unpaired) electrons. The van der Waals surface area contributed by atoms with Crippen LogP contribution in [0.25, 0.3) is 0 Å². The van der Waals surface area contributed by atoms with Crippen LogP contribution in [0.2, 0.25) is 0 Å². The molecule has 0 aliphatic heterocycles. The third-order valence-corrected chi connectivity index (χ3v) is 4.32. The van der Waals surface area contributed by atoms with Gasteiger partial charge >= 0.3 is 0 Å². The second-order valence-electron chi connectivity index (χ2n) is 4.39. The van der Waals surface area contributed by atoms with Crippen LogP contribution in [0.3, 0.4) is 0 Å². The third kappa shape index (κ3) is 3.50. The Morgan fingerprint density at radius 2 is 2.10 bits per heavy atom. The summed E-state index contributed by atoms with van der Waals surface area (Å²) in [6, 6.07) is 12.0. The van der Waals surface area contributed by atoms with E-state index in [4.69, 9.17) is 10.6 Å². The van der Waals surface area contributed by atoms with Crippen molar-refractivity contribution in [1.29, 1.82) is 0 Å². The molecule has 2 aromatic rings. The molecule has 1 unspecified atom stereocenters. The lowest BCUT2D eigenvalue weighted by molar-refractivity contribution is 0.398. The van der Waals surface area contributed by atoms with Gasteiger partial charge in [0.15, 0.2) is 0 Å². The number of aromatic nitrogens is 1. The van der Waals surface area contributed by atoms with Crippen LogP contribution >= 0.6 is 11.8 Å². The van der Waals surface area contributed by atoms with Crippen molar-refractivity contribution in [2.45, 2.75) is 17.9 Å². The Balaban J connectivity index is 2.11. The molecule has 5 heteroatoms. The molecule has 0 bridgehead atoms. The predicted octanol–water partition coefficient (Wildman–Crippen LogP) is 2.70. The van der Waals surface area contributed by atoms with Gasteiger partial charge in [-0.3, -0.25) is 16.3 Å². The first-order valence-corrected chi connectivity index (χ1v) is 7.38. The van der Waals surface area contributed by atoms with Crippen LogP contribution in [0.5, 0.6) is 5.75 Å². The van der Waals surface area contributed by atoms with Gasteiger partial charge in [0.2, 0.25) is 0 Å². The highest BCUT2D eigenvalue weighted by Gasteiger charge is 2.16. The van der Waals surface area contributed by atoms with E-state index >= 15 is 0 Å². The molecule has 1 aromatic carbocycles. The highest BCUT2D eigenvalue weighted by molar-refractivity contribution is 7.99. The number of nitrogens with one attached hydrogen (secondary N) is 1. The van der Waals surface area contributed by atoms with E-state index in [2.05, 4.69) is 29.5 Å². The van der Waals surface area contributed by atoms with Gasteiger partial charge in [-0.05, 0) is 30.7 Å². The Labute approximate surface area is 123 Å². The van der Waals surface area contributed by atoms with E-state index in [0.717, 1.165) is 17.2 Å². The summed E-state index contributed by atoms with van der Waals surface area (Å²) in [7, 11) is 1.64. The first-order valence-electron chi connectivity index (χ1n) is 6.39. The Hall–Kier alpha value is -1.56. The molecule has 3 N–H and O–H groups in total. The van der Waals surface area contributed by atoms with E-state index in [9.17, 15) is 0 Å². The van der Waals surface area contributed by atoms with Crippen molar-refractivity contribution in [1.82, 2.24) is 10.4 Å². The van der Waals surface area contributed by atoms with E-state index in [1.165, 1.54) is 10.5 Å². The van der Waals surface area contributed by atoms with E-state index in [1.54, 1.807) is 25.1 Å². The second kappa shape index (κ2) is 7.28. The zero-order valence-corrected chi connectivity index (χ0v) is 12.5. The minimum atomic E-state index is -0.0595. The molecule has 106 valence electrons. The summed E-state index contributed by atoms with van der Waals surface area (Å²) in [6.45, 7) is 2.11. The maximum Gasteiger partial charge on any atom is 0.142 e. The van der Waals surface area contributed by atoms with Crippen LogP contribution in [0.15, 0.2) is 47.5 Å². The molecular weight excluding hydrogens is 270 g/mol. The maximum absolute atomic E-state index is 5.67. The van der Waals surface area contributed by atoms with Crippen molar-refractivity contribution >= 4 is 11.8 Å². The summed E-state index contributed by atoms with van der Waals surface area (Å²) in [6.07, 6.45) is 1.75. The Morgan fingerprint density at radius 1 is 1.30 bits per heavy atom. The number of rotatable bonds is 6. The summed E-state index contributed by atoms with van der Waals surface area (Å²) in [4.78, 5) is 5.63. The average molecular weight is 289 g/mol. The van der Waals surface area contributed by atoms with Crippen LogP contribution < -0.4 is 16.0 Å². The Kier molecular flexibility index (Phi) is 5.40. The molecule has 0 fully saturated rings. The number of thioether (sulfide) groups is 1. The van der Waals surface area contributed by atoms with Crippen molar-refractivity contribution in [2.24, 2.45) is 5.84 Å². The van der Waals surface area contributed by atoms with Gasteiger partial charge in [-0.25, -0.2) is 0 Å². The number of hydrogen-bond donors (Lipinski definition) is 2. The molecule has 0 saturated heterocycles. The molecule has 0 spiro atoms. The van der Waals surface area contributed by atoms with Crippen LogP contribution in [0.4, 0.5) is 0 Å². The number of pyridine rings is 1. The largest absolute Gasteiger partial charge is 0.495 e. The topological polar surface area (TPSA) is 60.2 Å². The van der Waals surface area contributed by atoms with Crippen molar-refractivity contribution in [3.05, 3.63) is 53.9 Å². The lowest BCUT2D eigenvalue weighted by Gasteiger charge is -2.17. The molecule has 0 amide bonds. The normalized spacial score (nSPS) is 12.2. The molecule has 2 rings (SSSR count). The average Bonchev–Trinajstić information content (AvgIpc) is 2.50. The quantitative estimate of drug-likeness (QED) is 0.486. The van der Waals surface area contributed by atoms with Gasteiger partial charge in [-0.2, -0.15) is 0 Å². The Bertz CT molecular complexity index is 562. The van der Waals surface area contributed by atoms with Gasteiger partial charge in [0.1, 0.15) is 11.4 Å². The first-order chi connectivity index (χ1) is 9.76. The maximum atomic E-state index is 5.67. The Morgan fingerprint density at radius 3 is 2.80 bits per heavy atom. The van der Waals surface area contributed by atoms with E-state index in [1.807, 2.05) is 24.3 Å². The summed E-state index contributed by atoms with van der Waals surface area (Å²) < 4.78 is 5.34. The van der Waals surface area contributed by atoms with Crippen LogP contribution in [-0.2, 0) is 0 Å². The number of nitrogens with two attached hydrogens (primary N) is 1. The van der Waals surface area contributed by atoms with Crippen LogP contribution in [-0.4, -0.2) is 17.8 Å². The smallest absolute Gasteiger partial charge is 0.142 e. The minimum absolute atomic E-state index is 0.0595. The molecule has 0 aliphatic carbocycles. The lowest BCUT2D eigenvalue weighted by Crippen LogP contribution is -2.30.